The van der Waals surface area contributed by atoms with Gasteiger partial charge in [-0.25, -0.2) is 18.4 Å². The number of aromatic nitrogens is 3. The van der Waals surface area contributed by atoms with Gasteiger partial charge >= 0.3 is 0 Å². The van der Waals surface area contributed by atoms with Crippen LogP contribution in [0.2, 0.25) is 0 Å². The van der Waals surface area contributed by atoms with Gasteiger partial charge in [0.15, 0.2) is 11.6 Å². The first-order valence-corrected chi connectivity index (χ1v) is 4.36. The second kappa shape index (κ2) is 3.99. The smallest absolute Gasteiger partial charge is 0.161 e. The predicted molar refractivity (Wildman–Crippen MR) is 50.7 cm³/mol. The van der Waals surface area contributed by atoms with Crippen LogP contribution in [0.15, 0.2) is 18.7 Å². The van der Waals surface area contributed by atoms with Gasteiger partial charge < -0.3 is 0 Å². The molecule has 2 rings (SSSR count). The Morgan fingerprint density at radius 3 is 2.53 bits per heavy atom. The van der Waals surface area contributed by atoms with Crippen LogP contribution in [0.3, 0.4) is 0 Å². The SMILES string of the molecule is N#Cc1cc(F)c(-n2cncn2)c(C#N)c1F. The van der Waals surface area contributed by atoms with Crippen molar-refractivity contribution in [2.75, 3.05) is 0 Å². The molecule has 0 radical (unpaired) electrons. The van der Waals surface area contributed by atoms with Gasteiger partial charge in [-0.15, -0.1) is 0 Å². The molecule has 0 aliphatic rings. The molecule has 0 aliphatic heterocycles. The Morgan fingerprint density at radius 2 is 2.00 bits per heavy atom. The molecule has 5 nitrogen and oxygen atoms in total. The Hall–Kier alpha value is -2.80. The van der Waals surface area contributed by atoms with Gasteiger partial charge in [-0.3, -0.25) is 0 Å². The van der Waals surface area contributed by atoms with Crippen molar-refractivity contribution in [1.82, 2.24) is 14.8 Å². The lowest BCUT2D eigenvalue weighted by Gasteiger charge is -2.06. The van der Waals surface area contributed by atoms with E-state index in [4.69, 9.17) is 10.5 Å². The van der Waals surface area contributed by atoms with Gasteiger partial charge in [0.2, 0.25) is 0 Å². The summed E-state index contributed by atoms with van der Waals surface area (Å²) in [5, 5.41) is 21.0. The van der Waals surface area contributed by atoms with Crippen LogP contribution >= 0.6 is 0 Å². The highest BCUT2D eigenvalue weighted by atomic mass is 19.1. The van der Waals surface area contributed by atoms with E-state index < -0.39 is 22.8 Å². The van der Waals surface area contributed by atoms with E-state index in [1.165, 1.54) is 12.1 Å². The van der Waals surface area contributed by atoms with Crippen molar-refractivity contribution in [3.05, 3.63) is 41.5 Å². The van der Waals surface area contributed by atoms with Crippen molar-refractivity contribution in [3.63, 3.8) is 0 Å². The van der Waals surface area contributed by atoms with Gasteiger partial charge in [-0.05, 0) is 6.07 Å². The number of benzene rings is 1. The zero-order chi connectivity index (χ0) is 12.4. The number of halogens is 2. The van der Waals surface area contributed by atoms with Crippen molar-refractivity contribution in [3.8, 4) is 17.8 Å². The van der Waals surface area contributed by atoms with Gasteiger partial charge in [-0.1, -0.05) is 0 Å². The molecule has 2 aromatic rings. The van der Waals surface area contributed by atoms with E-state index in [0.29, 0.717) is 6.07 Å². The third-order valence-electron chi connectivity index (χ3n) is 2.07. The molecule has 0 saturated carbocycles. The minimum atomic E-state index is -1.07. The average molecular weight is 231 g/mol. The fraction of sp³-hybridized carbons (Fsp3) is 0. The minimum Gasteiger partial charge on any atom is -0.223 e. The summed E-state index contributed by atoms with van der Waals surface area (Å²) in [5.41, 5.74) is -1.46. The second-order valence-electron chi connectivity index (χ2n) is 3.01. The van der Waals surface area contributed by atoms with E-state index >= 15 is 0 Å². The first-order valence-electron chi connectivity index (χ1n) is 4.36. The highest BCUT2D eigenvalue weighted by Crippen LogP contribution is 2.23. The van der Waals surface area contributed by atoms with Crippen molar-refractivity contribution in [1.29, 1.82) is 10.5 Å². The number of hydrogen-bond donors (Lipinski definition) is 0. The molecule has 1 aromatic carbocycles. The third-order valence-corrected chi connectivity index (χ3v) is 2.07. The van der Waals surface area contributed by atoms with Gasteiger partial charge in [-0.2, -0.15) is 15.6 Å². The molecule has 82 valence electrons. The first kappa shape index (κ1) is 10.7. The molecule has 17 heavy (non-hydrogen) atoms. The maximum absolute atomic E-state index is 13.7. The number of nitrogens with zero attached hydrogens (tertiary/aromatic N) is 5. The molecule has 0 saturated heterocycles. The lowest BCUT2D eigenvalue weighted by Crippen LogP contribution is -2.06. The van der Waals surface area contributed by atoms with Crippen LogP contribution in [0.5, 0.6) is 0 Å². The summed E-state index contributed by atoms with van der Waals surface area (Å²) >= 11 is 0. The molecule has 7 heteroatoms. The molecule has 0 amide bonds. The summed E-state index contributed by atoms with van der Waals surface area (Å²) in [5.74, 6) is -1.98. The predicted octanol–water partition coefficient (Wildman–Crippen LogP) is 1.29. The quantitative estimate of drug-likeness (QED) is 0.740. The van der Waals surface area contributed by atoms with E-state index in [1.807, 2.05) is 0 Å². The summed E-state index contributed by atoms with van der Waals surface area (Å²) in [7, 11) is 0. The summed E-state index contributed by atoms with van der Waals surface area (Å²) in [6.07, 6.45) is 2.25. The van der Waals surface area contributed by atoms with Crippen LogP contribution in [0.1, 0.15) is 11.1 Å². The van der Waals surface area contributed by atoms with Crippen LogP contribution in [-0.4, -0.2) is 14.8 Å². The molecule has 0 fully saturated rings. The third kappa shape index (κ3) is 1.60. The van der Waals surface area contributed by atoms with Gasteiger partial charge in [0, 0.05) is 0 Å². The monoisotopic (exact) mass is 231 g/mol. The number of nitriles is 2. The molecule has 0 atom stereocenters. The fourth-order valence-corrected chi connectivity index (χ4v) is 1.35. The van der Waals surface area contributed by atoms with Crippen molar-refractivity contribution < 1.29 is 8.78 Å². The number of hydrogen-bond acceptors (Lipinski definition) is 4. The molecule has 1 heterocycles. The van der Waals surface area contributed by atoms with E-state index in [1.54, 1.807) is 0 Å². The van der Waals surface area contributed by atoms with Crippen LogP contribution in [0.4, 0.5) is 8.78 Å². The topological polar surface area (TPSA) is 78.3 Å². The molecule has 0 spiro atoms. The zero-order valence-electron chi connectivity index (χ0n) is 8.22. The lowest BCUT2D eigenvalue weighted by molar-refractivity contribution is 0.580. The molecule has 0 N–H and O–H groups in total. The Kier molecular flexibility index (Phi) is 2.51. The Bertz CT molecular complexity index is 649. The maximum atomic E-state index is 13.7. The van der Waals surface area contributed by atoms with Crippen LogP contribution in [-0.2, 0) is 0 Å². The highest BCUT2D eigenvalue weighted by molar-refractivity contribution is 5.54. The molecule has 0 unspecified atom stereocenters. The summed E-state index contributed by atoms with van der Waals surface area (Å²) in [6.45, 7) is 0. The zero-order valence-corrected chi connectivity index (χ0v) is 8.22. The van der Waals surface area contributed by atoms with E-state index in [9.17, 15) is 8.78 Å². The Balaban J connectivity index is 2.83. The molecular weight excluding hydrogens is 228 g/mol. The van der Waals surface area contributed by atoms with Crippen LogP contribution in [0.25, 0.3) is 5.69 Å². The highest BCUT2D eigenvalue weighted by Gasteiger charge is 2.20. The largest absolute Gasteiger partial charge is 0.223 e. The summed E-state index contributed by atoms with van der Waals surface area (Å²) < 4.78 is 28.2. The molecular formula is C10H3F2N5. The first-order chi connectivity index (χ1) is 8.19. The second-order valence-corrected chi connectivity index (χ2v) is 3.01. The van der Waals surface area contributed by atoms with Crippen molar-refractivity contribution in [2.24, 2.45) is 0 Å². The Labute approximate surface area is 94.2 Å². The van der Waals surface area contributed by atoms with E-state index in [0.717, 1.165) is 17.3 Å². The standard InChI is InChI=1S/C10H3F2N5/c11-8-1-6(2-13)9(12)7(3-14)10(8)17-5-15-4-16-17/h1,4-5H. The summed E-state index contributed by atoms with van der Waals surface area (Å²) in [6, 6.07) is 3.70. The van der Waals surface area contributed by atoms with Crippen LogP contribution in [0, 0.1) is 34.3 Å². The molecule has 0 bridgehead atoms. The summed E-state index contributed by atoms with van der Waals surface area (Å²) in [4.78, 5) is 3.58. The number of rotatable bonds is 1. The van der Waals surface area contributed by atoms with Gasteiger partial charge in [0.25, 0.3) is 0 Å². The van der Waals surface area contributed by atoms with E-state index in [2.05, 4.69) is 10.1 Å². The average Bonchev–Trinajstić information content (AvgIpc) is 2.84. The fourth-order valence-electron chi connectivity index (χ4n) is 1.35. The van der Waals surface area contributed by atoms with Crippen LogP contribution < -0.4 is 0 Å². The van der Waals surface area contributed by atoms with Gasteiger partial charge in [0.1, 0.15) is 36.0 Å². The van der Waals surface area contributed by atoms with E-state index in [-0.39, 0.29) is 5.69 Å². The van der Waals surface area contributed by atoms with Crippen molar-refractivity contribution in [2.45, 2.75) is 0 Å². The maximum Gasteiger partial charge on any atom is 0.161 e. The van der Waals surface area contributed by atoms with Gasteiger partial charge in [0.05, 0.1) is 5.56 Å². The molecule has 0 aliphatic carbocycles. The lowest BCUT2D eigenvalue weighted by atomic mass is 10.1. The Morgan fingerprint density at radius 1 is 1.24 bits per heavy atom. The van der Waals surface area contributed by atoms with Crippen molar-refractivity contribution >= 4 is 0 Å². The minimum absolute atomic E-state index is 0.360. The normalized spacial score (nSPS) is 9.65. The molecule has 1 aromatic heterocycles.